The van der Waals surface area contributed by atoms with E-state index in [1.165, 1.54) is 6.42 Å². The second-order valence-electron chi connectivity index (χ2n) is 7.30. The lowest BCUT2D eigenvalue weighted by molar-refractivity contribution is -0.138. The fraction of sp³-hybridized carbons (Fsp3) is 0.789. The third-order valence-corrected chi connectivity index (χ3v) is 5.16. The molecule has 5 heteroatoms. The minimum Gasteiger partial charge on any atom is -0.342 e. The molecule has 0 aromatic rings. The van der Waals surface area contributed by atoms with Crippen molar-refractivity contribution < 1.29 is 9.59 Å². The molecule has 0 aromatic carbocycles. The van der Waals surface area contributed by atoms with Gasteiger partial charge in [-0.2, -0.15) is 0 Å². The van der Waals surface area contributed by atoms with E-state index in [4.69, 9.17) is 0 Å². The van der Waals surface area contributed by atoms with Crippen molar-refractivity contribution in [3.8, 4) is 0 Å². The van der Waals surface area contributed by atoms with Crippen LogP contribution < -0.4 is 0 Å². The minimum absolute atomic E-state index is 0.159. The molecule has 5 nitrogen and oxygen atoms in total. The molecule has 2 aliphatic rings. The summed E-state index contributed by atoms with van der Waals surface area (Å²) in [6, 6.07) is 0. The van der Waals surface area contributed by atoms with Gasteiger partial charge in [0, 0.05) is 32.1 Å². The number of rotatable bonds is 6. The molecule has 0 aromatic heterocycles. The van der Waals surface area contributed by atoms with Crippen molar-refractivity contribution >= 4 is 11.8 Å². The first-order valence-corrected chi connectivity index (χ1v) is 9.44. The third kappa shape index (κ3) is 5.33. The van der Waals surface area contributed by atoms with Gasteiger partial charge in [-0.1, -0.05) is 12.2 Å². The largest absolute Gasteiger partial charge is 0.342 e. The van der Waals surface area contributed by atoms with Gasteiger partial charge in [0.1, 0.15) is 0 Å². The summed E-state index contributed by atoms with van der Waals surface area (Å²) in [6.07, 6.45) is 5.32. The van der Waals surface area contributed by atoms with Crippen molar-refractivity contribution in [2.75, 3.05) is 45.8 Å². The summed E-state index contributed by atoms with van der Waals surface area (Å²) in [5.74, 6) is 0.673. The smallest absolute Gasteiger partial charge is 0.237 e. The molecule has 0 saturated carbocycles. The van der Waals surface area contributed by atoms with E-state index >= 15 is 0 Å². The maximum Gasteiger partial charge on any atom is 0.237 e. The molecule has 24 heavy (non-hydrogen) atoms. The predicted molar refractivity (Wildman–Crippen MR) is 96.7 cm³/mol. The molecule has 0 aliphatic carbocycles. The van der Waals surface area contributed by atoms with Crippen LogP contribution in [0.15, 0.2) is 12.2 Å². The standard InChI is InChI=1S/C19H33N3O2/c1-4-21(14-16(2)3)18(23)15-20-12-8-17(9-13-20)19(24)22-10-6-5-7-11-22/h17H,2,4-15H2,1,3H3. The SMILES string of the molecule is C=C(C)CN(CC)C(=O)CN1CCC(C(=O)N2CCCCC2)CC1. The minimum atomic E-state index is 0.159. The van der Waals surface area contributed by atoms with Gasteiger partial charge in [0.05, 0.1) is 6.54 Å². The number of nitrogens with zero attached hydrogens (tertiary/aromatic N) is 3. The van der Waals surface area contributed by atoms with Gasteiger partial charge in [-0.25, -0.2) is 0 Å². The van der Waals surface area contributed by atoms with Gasteiger partial charge >= 0.3 is 0 Å². The number of hydrogen-bond donors (Lipinski definition) is 0. The van der Waals surface area contributed by atoms with Crippen LogP contribution in [0.2, 0.25) is 0 Å². The monoisotopic (exact) mass is 335 g/mol. The molecule has 2 amide bonds. The Morgan fingerprint density at radius 3 is 2.25 bits per heavy atom. The first-order chi connectivity index (χ1) is 11.5. The fourth-order valence-electron chi connectivity index (χ4n) is 3.70. The first kappa shape index (κ1) is 19.0. The lowest BCUT2D eigenvalue weighted by Crippen LogP contribution is -2.47. The van der Waals surface area contributed by atoms with Crippen molar-refractivity contribution in [2.24, 2.45) is 5.92 Å². The lowest BCUT2D eigenvalue weighted by Gasteiger charge is -2.36. The number of carbonyl (C=O) groups is 2. The van der Waals surface area contributed by atoms with Crippen LogP contribution in [-0.4, -0.2) is 72.3 Å². The number of likely N-dealkylation sites (N-methyl/N-ethyl adjacent to an activating group) is 1. The molecule has 2 saturated heterocycles. The fourth-order valence-corrected chi connectivity index (χ4v) is 3.70. The summed E-state index contributed by atoms with van der Waals surface area (Å²) >= 11 is 0. The van der Waals surface area contributed by atoms with E-state index in [-0.39, 0.29) is 11.8 Å². The summed E-state index contributed by atoms with van der Waals surface area (Å²) in [6.45, 7) is 13.2. The van der Waals surface area contributed by atoms with Crippen molar-refractivity contribution in [1.29, 1.82) is 0 Å². The highest BCUT2D eigenvalue weighted by Gasteiger charge is 2.30. The van der Waals surface area contributed by atoms with Gasteiger partial charge in [0.2, 0.25) is 11.8 Å². The maximum absolute atomic E-state index is 12.6. The van der Waals surface area contributed by atoms with E-state index in [0.29, 0.717) is 19.0 Å². The second-order valence-corrected chi connectivity index (χ2v) is 7.30. The molecule has 0 N–H and O–H groups in total. The Hall–Kier alpha value is -1.36. The molecule has 136 valence electrons. The highest BCUT2D eigenvalue weighted by atomic mass is 16.2. The highest BCUT2D eigenvalue weighted by molar-refractivity contribution is 5.80. The molecule has 0 unspecified atom stereocenters. The van der Waals surface area contributed by atoms with Gasteiger partial charge in [-0.15, -0.1) is 0 Å². The molecular formula is C19H33N3O2. The predicted octanol–water partition coefficient (Wildman–Crippen LogP) is 2.14. The van der Waals surface area contributed by atoms with Crippen LogP contribution in [0.3, 0.4) is 0 Å². The van der Waals surface area contributed by atoms with Crippen molar-refractivity contribution in [2.45, 2.75) is 46.0 Å². The summed E-state index contributed by atoms with van der Waals surface area (Å²) in [5, 5.41) is 0. The van der Waals surface area contributed by atoms with Crippen LogP contribution in [0.5, 0.6) is 0 Å². The number of amides is 2. The van der Waals surface area contributed by atoms with Crippen LogP contribution >= 0.6 is 0 Å². The third-order valence-electron chi connectivity index (χ3n) is 5.16. The summed E-state index contributed by atoms with van der Waals surface area (Å²) in [7, 11) is 0. The lowest BCUT2D eigenvalue weighted by atomic mass is 9.94. The number of likely N-dealkylation sites (tertiary alicyclic amines) is 2. The number of carbonyl (C=O) groups excluding carboxylic acids is 2. The average molecular weight is 335 g/mol. The molecule has 2 rings (SSSR count). The Balaban J connectivity index is 1.76. The molecule has 2 fully saturated rings. The summed E-state index contributed by atoms with van der Waals surface area (Å²) in [5.41, 5.74) is 1.01. The molecule has 0 bridgehead atoms. The Bertz CT molecular complexity index is 450. The van der Waals surface area contributed by atoms with Crippen LogP contribution in [0.4, 0.5) is 0 Å². The van der Waals surface area contributed by atoms with Crippen LogP contribution in [0, 0.1) is 5.92 Å². The van der Waals surface area contributed by atoms with E-state index < -0.39 is 0 Å². The zero-order chi connectivity index (χ0) is 17.5. The van der Waals surface area contributed by atoms with Gasteiger partial charge in [-0.05, 0) is 59.0 Å². The number of hydrogen-bond acceptors (Lipinski definition) is 3. The summed E-state index contributed by atoms with van der Waals surface area (Å²) < 4.78 is 0. The summed E-state index contributed by atoms with van der Waals surface area (Å²) in [4.78, 5) is 31.1. The van der Waals surface area contributed by atoms with Gasteiger partial charge < -0.3 is 9.80 Å². The highest BCUT2D eigenvalue weighted by Crippen LogP contribution is 2.22. The molecule has 0 atom stereocenters. The van der Waals surface area contributed by atoms with E-state index in [1.54, 1.807) is 0 Å². The zero-order valence-electron chi connectivity index (χ0n) is 15.4. The van der Waals surface area contributed by atoms with Gasteiger partial charge in [0.15, 0.2) is 0 Å². The maximum atomic E-state index is 12.6. The molecule has 2 aliphatic heterocycles. The van der Waals surface area contributed by atoms with Crippen molar-refractivity contribution in [3.63, 3.8) is 0 Å². The van der Waals surface area contributed by atoms with E-state index in [1.807, 2.05) is 18.7 Å². The van der Waals surface area contributed by atoms with Crippen molar-refractivity contribution in [3.05, 3.63) is 12.2 Å². The Morgan fingerprint density at radius 2 is 1.71 bits per heavy atom. The van der Waals surface area contributed by atoms with E-state index in [9.17, 15) is 9.59 Å². The van der Waals surface area contributed by atoms with Crippen molar-refractivity contribution in [1.82, 2.24) is 14.7 Å². The van der Waals surface area contributed by atoms with Gasteiger partial charge in [0.25, 0.3) is 0 Å². The molecule has 0 radical (unpaired) electrons. The first-order valence-electron chi connectivity index (χ1n) is 9.44. The Morgan fingerprint density at radius 1 is 1.08 bits per heavy atom. The van der Waals surface area contributed by atoms with E-state index in [2.05, 4.69) is 16.4 Å². The zero-order valence-corrected chi connectivity index (χ0v) is 15.4. The Labute approximate surface area is 146 Å². The molecular weight excluding hydrogens is 302 g/mol. The topological polar surface area (TPSA) is 43.9 Å². The Kier molecular flexibility index (Phi) is 7.28. The second kappa shape index (κ2) is 9.21. The quantitative estimate of drug-likeness (QED) is 0.699. The molecule has 0 spiro atoms. The van der Waals surface area contributed by atoms with Crippen LogP contribution in [0.1, 0.15) is 46.0 Å². The van der Waals surface area contributed by atoms with Crippen LogP contribution in [0.25, 0.3) is 0 Å². The van der Waals surface area contributed by atoms with Crippen LogP contribution in [-0.2, 0) is 9.59 Å². The molecule has 2 heterocycles. The number of piperidine rings is 2. The van der Waals surface area contributed by atoms with E-state index in [0.717, 1.165) is 64.0 Å². The normalized spacial score (nSPS) is 20.0. The van der Waals surface area contributed by atoms with Gasteiger partial charge in [-0.3, -0.25) is 14.5 Å². The average Bonchev–Trinajstić information content (AvgIpc) is 2.60.